The Hall–Kier alpha value is -1.06. The van der Waals surface area contributed by atoms with Gasteiger partial charge >= 0.3 is 0 Å². The molecule has 1 aliphatic carbocycles. The number of halogens is 2. The van der Waals surface area contributed by atoms with Gasteiger partial charge in [-0.15, -0.1) is 0 Å². The third kappa shape index (κ3) is 1.66. The third-order valence-corrected chi connectivity index (χ3v) is 4.68. The molecule has 2 aromatic carbocycles. The Labute approximate surface area is 127 Å². The van der Waals surface area contributed by atoms with Crippen molar-refractivity contribution in [1.29, 1.82) is 0 Å². The normalized spacial score (nSPS) is 27.9. The van der Waals surface area contributed by atoms with Gasteiger partial charge in [-0.3, -0.25) is 0 Å². The largest absolute Gasteiger partial charge is 0.381 e. The molecule has 1 aliphatic rings. The number of rotatable bonds is 0. The molecule has 2 aromatic rings. The van der Waals surface area contributed by atoms with Crippen LogP contribution in [0, 0.1) is 0 Å². The van der Waals surface area contributed by atoms with Gasteiger partial charge in [0.2, 0.25) is 0 Å². The van der Waals surface area contributed by atoms with Crippen molar-refractivity contribution in [2.75, 3.05) is 0 Å². The monoisotopic (exact) mass is 308 g/mol. The van der Waals surface area contributed by atoms with Gasteiger partial charge in [-0.1, -0.05) is 47.5 Å². The maximum absolute atomic E-state index is 11.0. The summed E-state index contributed by atoms with van der Waals surface area (Å²) in [4.78, 5) is 0. The van der Waals surface area contributed by atoms with Crippen molar-refractivity contribution >= 4 is 23.2 Å². The summed E-state index contributed by atoms with van der Waals surface area (Å²) in [7, 11) is 0. The molecule has 2 atom stereocenters. The lowest BCUT2D eigenvalue weighted by atomic mass is 9.69. The van der Waals surface area contributed by atoms with Crippen LogP contribution in [-0.4, -0.2) is 10.2 Å². The summed E-state index contributed by atoms with van der Waals surface area (Å²) >= 11 is 12.5. The number of hydrogen-bond acceptors (Lipinski definition) is 2. The molecule has 0 spiro atoms. The van der Waals surface area contributed by atoms with E-state index < -0.39 is 11.2 Å². The molecule has 0 saturated carbocycles. The molecule has 0 heterocycles. The second-order valence-electron chi connectivity index (χ2n) is 5.47. The van der Waals surface area contributed by atoms with Crippen LogP contribution in [0.1, 0.15) is 36.1 Å². The van der Waals surface area contributed by atoms with E-state index in [1.165, 1.54) is 0 Å². The van der Waals surface area contributed by atoms with Gasteiger partial charge in [0.15, 0.2) is 0 Å². The quantitative estimate of drug-likeness (QED) is 0.777. The summed E-state index contributed by atoms with van der Waals surface area (Å²) in [6.45, 7) is 3.34. The lowest BCUT2D eigenvalue weighted by Crippen LogP contribution is -2.40. The molecular formula is C16H14Cl2O2. The molecule has 0 aromatic heterocycles. The number of fused-ring (bicyclic) bond motifs is 2. The topological polar surface area (TPSA) is 40.5 Å². The number of benzene rings is 2. The maximum Gasteiger partial charge on any atom is 0.114 e. The van der Waals surface area contributed by atoms with Crippen molar-refractivity contribution in [3.63, 3.8) is 0 Å². The zero-order valence-corrected chi connectivity index (χ0v) is 12.6. The Morgan fingerprint density at radius 1 is 0.750 bits per heavy atom. The van der Waals surface area contributed by atoms with Crippen molar-refractivity contribution in [2.24, 2.45) is 0 Å². The molecule has 2 nitrogen and oxygen atoms in total. The molecule has 0 bridgehead atoms. The minimum Gasteiger partial charge on any atom is -0.381 e. The first kappa shape index (κ1) is 13.9. The highest BCUT2D eigenvalue weighted by Crippen LogP contribution is 2.51. The van der Waals surface area contributed by atoms with Gasteiger partial charge in [0.05, 0.1) is 0 Å². The summed E-state index contributed by atoms with van der Waals surface area (Å²) in [6, 6.07) is 10.5. The van der Waals surface area contributed by atoms with Crippen molar-refractivity contribution in [1.82, 2.24) is 0 Å². The minimum atomic E-state index is -1.30. The molecule has 20 heavy (non-hydrogen) atoms. The fourth-order valence-electron chi connectivity index (χ4n) is 3.12. The van der Waals surface area contributed by atoms with Crippen LogP contribution in [0.3, 0.4) is 0 Å². The summed E-state index contributed by atoms with van der Waals surface area (Å²) in [5, 5.41) is 22.8. The minimum absolute atomic E-state index is 0.429. The fraction of sp³-hybridized carbons (Fsp3) is 0.250. The highest BCUT2D eigenvalue weighted by Gasteiger charge is 2.46. The van der Waals surface area contributed by atoms with Crippen LogP contribution in [0.2, 0.25) is 10.0 Å². The van der Waals surface area contributed by atoms with E-state index in [0.717, 1.165) is 0 Å². The molecule has 4 heteroatoms. The first-order valence-electron chi connectivity index (χ1n) is 6.31. The van der Waals surface area contributed by atoms with E-state index in [4.69, 9.17) is 23.2 Å². The molecule has 104 valence electrons. The molecule has 0 fully saturated rings. The van der Waals surface area contributed by atoms with E-state index in [2.05, 4.69) is 0 Å². The van der Waals surface area contributed by atoms with Crippen LogP contribution in [0.4, 0.5) is 0 Å². The van der Waals surface area contributed by atoms with Gasteiger partial charge in [0.1, 0.15) is 11.2 Å². The zero-order chi connectivity index (χ0) is 14.7. The van der Waals surface area contributed by atoms with Gasteiger partial charge in [0.25, 0.3) is 0 Å². The van der Waals surface area contributed by atoms with Crippen LogP contribution in [0.5, 0.6) is 0 Å². The predicted octanol–water partition coefficient (Wildman–Crippen LogP) is 3.82. The number of aliphatic hydroxyl groups is 2. The highest BCUT2D eigenvalue weighted by atomic mass is 35.5. The molecule has 0 radical (unpaired) electrons. The summed E-state index contributed by atoms with van der Waals surface area (Å²) < 4.78 is 0. The molecular weight excluding hydrogens is 295 g/mol. The average molecular weight is 309 g/mol. The summed E-state index contributed by atoms with van der Waals surface area (Å²) in [5.74, 6) is 0. The van der Waals surface area contributed by atoms with E-state index >= 15 is 0 Å². The Morgan fingerprint density at radius 2 is 1.10 bits per heavy atom. The van der Waals surface area contributed by atoms with Crippen LogP contribution in [0.15, 0.2) is 36.4 Å². The van der Waals surface area contributed by atoms with Gasteiger partial charge in [-0.25, -0.2) is 0 Å². The predicted molar refractivity (Wildman–Crippen MR) is 80.2 cm³/mol. The van der Waals surface area contributed by atoms with Crippen LogP contribution in [0.25, 0.3) is 0 Å². The average Bonchev–Trinajstić information content (AvgIpc) is 2.36. The molecule has 0 aliphatic heterocycles. The smallest absolute Gasteiger partial charge is 0.114 e. The Bertz CT molecular complexity index is 644. The van der Waals surface area contributed by atoms with E-state index in [1.807, 2.05) is 0 Å². The Morgan fingerprint density at radius 3 is 1.45 bits per heavy atom. The van der Waals surface area contributed by atoms with Crippen molar-refractivity contribution in [3.05, 3.63) is 68.7 Å². The van der Waals surface area contributed by atoms with E-state index in [9.17, 15) is 10.2 Å². The Kier molecular flexibility index (Phi) is 2.93. The molecule has 2 N–H and O–H groups in total. The van der Waals surface area contributed by atoms with Crippen molar-refractivity contribution < 1.29 is 10.2 Å². The van der Waals surface area contributed by atoms with Gasteiger partial charge < -0.3 is 10.2 Å². The lowest BCUT2D eigenvalue weighted by Gasteiger charge is -2.42. The van der Waals surface area contributed by atoms with Gasteiger partial charge in [-0.05, 0) is 37.1 Å². The highest BCUT2D eigenvalue weighted by molar-refractivity contribution is 6.32. The second kappa shape index (κ2) is 4.22. The Balaban J connectivity index is 2.48. The SMILES string of the molecule is CC1(O)c2cccc(Cl)c2C(C)(O)c2cccc(Cl)c21. The first-order chi connectivity index (χ1) is 9.28. The van der Waals surface area contributed by atoms with Crippen LogP contribution in [-0.2, 0) is 11.2 Å². The summed E-state index contributed by atoms with van der Waals surface area (Å²) in [6.07, 6.45) is 0. The molecule has 0 saturated heterocycles. The lowest BCUT2D eigenvalue weighted by molar-refractivity contribution is 0.0510. The van der Waals surface area contributed by atoms with Crippen molar-refractivity contribution in [2.45, 2.75) is 25.0 Å². The first-order valence-corrected chi connectivity index (χ1v) is 7.07. The maximum atomic E-state index is 11.0. The van der Waals surface area contributed by atoms with Gasteiger partial charge in [-0.2, -0.15) is 0 Å². The number of hydrogen-bond donors (Lipinski definition) is 2. The third-order valence-electron chi connectivity index (χ3n) is 4.05. The van der Waals surface area contributed by atoms with Crippen LogP contribution < -0.4 is 0 Å². The second-order valence-corrected chi connectivity index (χ2v) is 6.28. The van der Waals surface area contributed by atoms with Gasteiger partial charge in [0, 0.05) is 21.2 Å². The molecule has 0 amide bonds. The van der Waals surface area contributed by atoms with Crippen molar-refractivity contribution in [3.8, 4) is 0 Å². The van der Waals surface area contributed by atoms with Crippen LogP contribution >= 0.6 is 23.2 Å². The fourth-order valence-corrected chi connectivity index (χ4v) is 3.84. The van der Waals surface area contributed by atoms with E-state index in [1.54, 1.807) is 50.2 Å². The van der Waals surface area contributed by atoms with E-state index in [-0.39, 0.29) is 0 Å². The summed E-state index contributed by atoms with van der Waals surface area (Å²) in [5.41, 5.74) is -0.374. The standard InChI is InChI=1S/C16H14Cl2O2/c1-15(19)9-5-3-8-12(18)14(9)16(2,20)10-6-4-7-11(17)13(10)15/h3-8,19-20H,1-2H3. The zero-order valence-electron chi connectivity index (χ0n) is 11.1. The molecule has 3 rings (SSSR count). The van der Waals surface area contributed by atoms with E-state index in [0.29, 0.717) is 32.3 Å². The molecule has 2 unspecified atom stereocenters.